The normalized spacial score (nSPS) is 21.1. The Bertz CT molecular complexity index is 171. The van der Waals surface area contributed by atoms with Crippen LogP contribution in [0.2, 0.25) is 0 Å². The fourth-order valence-corrected chi connectivity index (χ4v) is 2.20. The molecule has 0 bridgehead atoms. The van der Waals surface area contributed by atoms with E-state index in [1.165, 1.54) is 32.1 Å². The highest BCUT2D eigenvalue weighted by atomic mass is 16.1. The zero-order valence-electron chi connectivity index (χ0n) is 8.86. The minimum absolute atomic E-state index is 0.187. The van der Waals surface area contributed by atoms with Crippen molar-refractivity contribution in [2.45, 2.75) is 51.9 Å². The van der Waals surface area contributed by atoms with E-state index in [4.69, 9.17) is 0 Å². The van der Waals surface area contributed by atoms with E-state index < -0.39 is 0 Å². The summed E-state index contributed by atoms with van der Waals surface area (Å²) in [4.78, 5) is 11.1. The van der Waals surface area contributed by atoms with Gasteiger partial charge in [-0.25, -0.2) is 0 Å². The van der Waals surface area contributed by atoms with Crippen molar-refractivity contribution in [1.82, 2.24) is 5.32 Å². The summed E-state index contributed by atoms with van der Waals surface area (Å²) in [7, 11) is 1.71. The number of rotatable bonds is 3. The van der Waals surface area contributed by atoms with E-state index in [0.717, 1.165) is 6.42 Å². The van der Waals surface area contributed by atoms with Gasteiger partial charge in [0.05, 0.1) is 0 Å². The molecule has 0 aromatic carbocycles. The molecule has 0 aliphatic heterocycles. The molecule has 1 aliphatic rings. The van der Waals surface area contributed by atoms with Gasteiger partial charge >= 0.3 is 0 Å². The third-order valence-electron chi connectivity index (χ3n) is 3.30. The van der Waals surface area contributed by atoms with Crippen LogP contribution in [-0.2, 0) is 4.79 Å². The molecule has 0 atom stereocenters. The highest BCUT2D eigenvalue weighted by Gasteiger charge is 2.26. The van der Waals surface area contributed by atoms with E-state index in [1.54, 1.807) is 7.05 Å². The lowest BCUT2D eigenvalue weighted by Crippen LogP contribution is -2.24. The summed E-state index contributed by atoms with van der Waals surface area (Å²) in [6.07, 6.45) is 8.47. The van der Waals surface area contributed by atoms with Gasteiger partial charge in [-0.15, -0.1) is 0 Å². The molecule has 0 spiro atoms. The van der Waals surface area contributed by atoms with Crippen LogP contribution in [0.4, 0.5) is 0 Å². The number of hydrogen-bond acceptors (Lipinski definition) is 1. The first-order chi connectivity index (χ1) is 6.16. The topological polar surface area (TPSA) is 29.1 Å². The third-order valence-corrected chi connectivity index (χ3v) is 3.30. The zero-order valence-corrected chi connectivity index (χ0v) is 8.86. The van der Waals surface area contributed by atoms with Crippen LogP contribution in [0.5, 0.6) is 0 Å². The monoisotopic (exact) mass is 183 g/mol. The SMILES string of the molecule is CNC(=O)CCC1(C)CCCCC1. The molecule has 2 heteroatoms. The minimum atomic E-state index is 0.187. The summed E-state index contributed by atoms with van der Waals surface area (Å²) in [5.74, 6) is 0.187. The van der Waals surface area contributed by atoms with Crippen LogP contribution in [-0.4, -0.2) is 13.0 Å². The number of carbonyl (C=O) groups excluding carboxylic acids is 1. The van der Waals surface area contributed by atoms with Gasteiger partial charge in [0.15, 0.2) is 0 Å². The van der Waals surface area contributed by atoms with Gasteiger partial charge in [0.2, 0.25) is 5.91 Å². The fourth-order valence-electron chi connectivity index (χ4n) is 2.20. The second-order valence-corrected chi connectivity index (χ2v) is 4.54. The summed E-state index contributed by atoms with van der Waals surface area (Å²) in [6.45, 7) is 2.33. The molecule has 13 heavy (non-hydrogen) atoms. The maximum Gasteiger partial charge on any atom is 0.219 e. The maximum absolute atomic E-state index is 11.1. The van der Waals surface area contributed by atoms with Crippen LogP contribution in [0.3, 0.4) is 0 Å². The molecule has 1 fully saturated rings. The molecule has 1 aliphatic carbocycles. The van der Waals surface area contributed by atoms with Gasteiger partial charge in [-0.1, -0.05) is 26.2 Å². The summed E-state index contributed by atoms with van der Waals surface area (Å²) in [6, 6.07) is 0. The quantitative estimate of drug-likeness (QED) is 0.715. The summed E-state index contributed by atoms with van der Waals surface area (Å²) < 4.78 is 0. The number of carbonyl (C=O) groups is 1. The summed E-state index contributed by atoms with van der Waals surface area (Å²) in [5, 5.41) is 2.68. The van der Waals surface area contributed by atoms with Crippen molar-refractivity contribution in [1.29, 1.82) is 0 Å². The Balaban J connectivity index is 2.28. The second kappa shape index (κ2) is 4.64. The molecule has 1 N–H and O–H groups in total. The predicted molar refractivity (Wildman–Crippen MR) is 54.5 cm³/mol. The lowest BCUT2D eigenvalue weighted by atomic mass is 9.73. The molecule has 0 aromatic heterocycles. The van der Waals surface area contributed by atoms with Gasteiger partial charge in [0.25, 0.3) is 0 Å². The largest absolute Gasteiger partial charge is 0.359 e. The van der Waals surface area contributed by atoms with Gasteiger partial charge in [-0.2, -0.15) is 0 Å². The fraction of sp³-hybridized carbons (Fsp3) is 0.909. The van der Waals surface area contributed by atoms with Crippen molar-refractivity contribution >= 4 is 5.91 Å². The van der Waals surface area contributed by atoms with Gasteiger partial charge in [-0.3, -0.25) is 4.79 Å². The Morgan fingerprint density at radius 1 is 1.31 bits per heavy atom. The van der Waals surface area contributed by atoms with Crippen molar-refractivity contribution in [2.24, 2.45) is 5.41 Å². The van der Waals surface area contributed by atoms with Crippen LogP contribution in [0.25, 0.3) is 0 Å². The van der Waals surface area contributed by atoms with Crippen LogP contribution in [0, 0.1) is 5.41 Å². The maximum atomic E-state index is 11.1. The van der Waals surface area contributed by atoms with Crippen molar-refractivity contribution < 1.29 is 4.79 Å². The molecule has 0 saturated heterocycles. The van der Waals surface area contributed by atoms with Gasteiger partial charge in [-0.05, 0) is 24.7 Å². The Morgan fingerprint density at radius 3 is 2.46 bits per heavy atom. The van der Waals surface area contributed by atoms with Crippen LogP contribution in [0.1, 0.15) is 51.9 Å². The molecule has 1 rings (SSSR count). The third kappa shape index (κ3) is 3.37. The highest BCUT2D eigenvalue weighted by Crippen LogP contribution is 2.39. The van der Waals surface area contributed by atoms with Gasteiger partial charge in [0.1, 0.15) is 0 Å². The zero-order chi connectivity index (χ0) is 9.73. The van der Waals surface area contributed by atoms with Crippen molar-refractivity contribution in [3.05, 3.63) is 0 Å². The lowest BCUT2D eigenvalue weighted by Gasteiger charge is -2.33. The van der Waals surface area contributed by atoms with E-state index in [0.29, 0.717) is 11.8 Å². The van der Waals surface area contributed by atoms with E-state index in [1.807, 2.05) is 0 Å². The second-order valence-electron chi connectivity index (χ2n) is 4.54. The molecule has 0 radical (unpaired) electrons. The van der Waals surface area contributed by atoms with Gasteiger partial charge < -0.3 is 5.32 Å². The molecule has 0 unspecified atom stereocenters. The lowest BCUT2D eigenvalue weighted by molar-refractivity contribution is -0.121. The Hall–Kier alpha value is -0.530. The average molecular weight is 183 g/mol. The Labute approximate surface area is 81.1 Å². The molecular formula is C11H21NO. The molecule has 1 amide bonds. The van der Waals surface area contributed by atoms with Crippen LogP contribution in [0.15, 0.2) is 0 Å². The number of hydrogen-bond donors (Lipinski definition) is 1. The number of nitrogens with one attached hydrogen (secondary N) is 1. The summed E-state index contributed by atoms with van der Waals surface area (Å²) in [5.41, 5.74) is 0.449. The molecule has 2 nitrogen and oxygen atoms in total. The van der Waals surface area contributed by atoms with E-state index >= 15 is 0 Å². The van der Waals surface area contributed by atoms with E-state index in [2.05, 4.69) is 12.2 Å². The highest BCUT2D eigenvalue weighted by molar-refractivity contribution is 5.75. The van der Waals surface area contributed by atoms with Crippen LogP contribution >= 0.6 is 0 Å². The average Bonchev–Trinajstić information content (AvgIpc) is 2.15. The smallest absolute Gasteiger partial charge is 0.219 e. The molecular weight excluding hydrogens is 162 g/mol. The van der Waals surface area contributed by atoms with Gasteiger partial charge in [0, 0.05) is 13.5 Å². The summed E-state index contributed by atoms with van der Waals surface area (Å²) >= 11 is 0. The molecule has 1 saturated carbocycles. The standard InChI is InChI=1S/C11H21NO/c1-11(7-4-3-5-8-11)9-6-10(13)12-2/h3-9H2,1-2H3,(H,12,13). The van der Waals surface area contributed by atoms with Crippen LogP contribution < -0.4 is 5.32 Å². The van der Waals surface area contributed by atoms with E-state index in [-0.39, 0.29) is 5.91 Å². The Morgan fingerprint density at radius 2 is 1.92 bits per heavy atom. The molecule has 0 aromatic rings. The van der Waals surface area contributed by atoms with E-state index in [9.17, 15) is 4.79 Å². The van der Waals surface area contributed by atoms with Crippen molar-refractivity contribution in [3.8, 4) is 0 Å². The molecule has 76 valence electrons. The minimum Gasteiger partial charge on any atom is -0.359 e. The Kier molecular flexibility index (Phi) is 3.76. The first kappa shape index (κ1) is 10.6. The predicted octanol–water partition coefficient (Wildman–Crippen LogP) is 2.48. The van der Waals surface area contributed by atoms with Crippen molar-refractivity contribution in [2.75, 3.05) is 7.05 Å². The van der Waals surface area contributed by atoms with Crippen molar-refractivity contribution in [3.63, 3.8) is 0 Å². The first-order valence-electron chi connectivity index (χ1n) is 5.37. The first-order valence-corrected chi connectivity index (χ1v) is 5.37. The number of amides is 1. The molecule has 0 heterocycles.